The molecule has 0 aromatic carbocycles. The molecule has 7 nitrogen and oxygen atoms in total. The molecule has 2 aliphatic rings. The first-order valence-electron chi connectivity index (χ1n) is 8.33. The molecule has 2 amide bonds. The van der Waals surface area contributed by atoms with Gasteiger partial charge in [-0.3, -0.25) is 14.3 Å². The van der Waals surface area contributed by atoms with E-state index >= 15 is 0 Å². The molecule has 0 aliphatic carbocycles. The summed E-state index contributed by atoms with van der Waals surface area (Å²) in [5.74, 6) is -0.288. The third-order valence-corrected chi connectivity index (χ3v) is 5.61. The van der Waals surface area contributed by atoms with Gasteiger partial charge in [0.15, 0.2) is 0 Å². The van der Waals surface area contributed by atoms with Gasteiger partial charge in [-0.15, -0.1) is 0 Å². The summed E-state index contributed by atoms with van der Waals surface area (Å²) in [5, 5.41) is 13.7. The van der Waals surface area contributed by atoms with Crippen molar-refractivity contribution >= 4 is 23.4 Å². The zero-order valence-electron chi connectivity index (χ0n) is 14.1. The quantitative estimate of drug-likeness (QED) is 0.877. The van der Waals surface area contributed by atoms with Crippen LogP contribution in [-0.2, 0) is 11.8 Å². The number of hydrogen-bond acceptors (Lipinski definition) is 4. The van der Waals surface area contributed by atoms with Gasteiger partial charge < -0.3 is 14.9 Å². The number of likely N-dealkylation sites (tertiary alicyclic amines) is 2. The number of amides is 2. The molecule has 24 heavy (non-hydrogen) atoms. The van der Waals surface area contributed by atoms with E-state index in [4.69, 9.17) is 11.6 Å². The maximum Gasteiger partial charge on any atom is 0.274 e. The van der Waals surface area contributed by atoms with Crippen LogP contribution in [0.15, 0.2) is 0 Å². The zero-order valence-corrected chi connectivity index (χ0v) is 14.8. The molecule has 132 valence electrons. The lowest BCUT2D eigenvalue weighted by atomic mass is 9.85. The first-order valence-corrected chi connectivity index (χ1v) is 8.71. The molecule has 3 rings (SSSR count). The van der Waals surface area contributed by atoms with Gasteiger partial charge in [0, 0.05) is 26.7 Å². The Morgan fingerprint density at radius 3 is 2.58 bits per heavy atom. The minimum absolute atomic E-state index is 0.0522. The Bertz CT molecular complexity index is 673. The highest BCUT2D eigenvalue weighted by Gasteiger charge is 2.53. The smallest absolute Gasteiger partial charge is 0.274 e. The number of aliphatic hydroxyl groups is 1. The lowest BCUT2D eigenvalue weighted by molar-refractivity contribution is -0.146. The van der Waals surface area contributed by atoms with Crippen LogP contribution in [0.2, 0.25) is 5.02 Å². The number of rotatable bonds is 3. The summed E-state index contributed by atoms with van der Waals surface area (Å²) in [6, 6.07) is 0. The molecule has 2 fully saturated rings. The maximum absolute atomic E-state index is 13.1. The highest BCUT2D eigenvalue weighted by atomic mass is 35.5. The van der Waals surface area contributed by atoms with Gasteiger partial charge in [0.25, 0.3) is 5.91 Å². The number of nitrogens with zero attached hydrogens (tertiary/aromatic N) is 4. The molecular weight excluding hydrogens is 332 g/mol. The molecule has 3 heterocycles. The Kier molecular flexibility index (Phi) is 4.57. The van der Waals surface area contributed by atoms with Crippen molar-refractivity contribution in [3.8, 4) is 0 Å². The Morgan fingerprint density at radius 1 is 1.33 bits per heavy atom. The van der Waals surface area contributed by atoms with E-state index in [2.05, 4.69) is 5.10 Å². The minimum Gasteiger partial charge on any atom is -0.395 e. The van der Waals surface area contributed by atoms with Crippen molar-refractivity contribution in [2.45, 2.75) is 38.1 Å². The lowest BCUT2D eigenvalue weighted by Crippen LogP contribution is -2.61. The van der Waals surface area contributed by atoms with Crippen LogP contribution in [0.1, 0.15) is 41.9 Å². The summed E-state index contributed by atoms with van der Waals surface area (Å²) in [4.78, 5) is 29.5. The van der Waals surface area contributed by atoms with Gasteiger partial charge in [0.2, 0.25) is 5.91 Å². The summed E-state index contributed by atoms with van der Waals surface area (Å²) in [7, 11) is 1.69. The molecule has 2 saturated heterocycles. The van der Waals surface area contributed by atoms with E-state index in [0.29, 0.717) is 48.9 Å². The number of carbonyl (C=O) groups is 2. The molecule has 0 saturated carbocycles. The Balaban J connectivity index is 1.95. The third kappa shape index (κ3) is 2.50. The molecule has 0 radical (unpaired) electrons. The molecule has 1 spiro atoms. The summed E-state index contributed by atoms with van der Waals surface area (Å²) in [5.41, 5.74) is 0.140. The van der Waals surface area contributed by atoms with Gasteiger partial charge >= 0.3 is 0 Å². The van der Waals surface area contributed by atoms with E-state index in [1.165, 1.54) is 4.68 Å². The first-order chi connectivity index (χ1) is 11.4. The van der Waals surface area contributed by atoms with Gasteiger partial charge in [0.05, 0.1) is 17.3 Å². The predicted molar refractivity (Wildman–Crippen MR) is 88.9 cm³/mol. The van der Waals surface area contributed by atoms with E-state index in [9.17, 15) is 14.7 Å². The van der Waals surface area contributed by atoms with Gasteiger partial charge in [-0.05, 0) is 32.6 Å². The Hall–Kier alpha value is -1.60. The predicted octanol–water partition coefficient (Wildman–Crippen LogP) is 0.971. The number of carbonyl (C=O) groups excluding carboxylic acids is 2. The fraction of sp³-hybridized carbons (Fsp3) is 0.688. The van der Waals surface area contributed by atoms with Crippen molar-refractivity contribution in [1.29, 1.82) is 0 Å². The Labute approximate surface area is 146 Å². The van der Waals surface area contributed by atoms with Crippen LogP contribution < -0.4 is 0 Å². The monoisotopic (exact) mass is 354 g/mol. The first kappa shape index (κ1) is 17.2. The van der Waals surface area contributed by atoms with Crippen molar-refractivity contribution in [1.82, 2.24) is 19.6 Å². The Morgan fingerprint density at radius 2 is 2.00 bits per heavy atom. The van der Waals surface area contributed by atoms with Crippen LogP contribution in [0, 0.1) is 6.92 Å². The van der Waals surface area contributed by atoms with Crippen molar-refractivity contribution < 1.29 is 14.7 Å². The number of aryl methyl sites for hydroxylation is 2. The van der Waals surface area contributed by atoms with Crippen molar-refractivity contribution in [2.24, 2.45) is 7.05 Å². The van der Waals surface area contributed by atoms with Crippen LogP contribution in [0.25, 0.3) is 0 Å². The average Bonchev–Trinajstić information content (AvgIpc) is 3.06. The summed E-state index contributed by atoms with van der Waals surface area (Å²) < 4.78 is 1.49. The SMILES string of the molecule is Cc1nn(C)c(C(=O)N2CCCC23CCCN(CCO)C3=O)c1Cl. The van der Waals surface area contributed by atoms with Crippen molar-refractivity contribution in [3.05, 3.63) is 16.4 Å². The molecule has 2 aliphatic heterocycles. The van der Waals surface area contributed by atoms with Crippen molar-refractivity contribution in [3.63, 3.8) is 0 Å². The van der Waals surface area contributed by atoms with Gasteiger partial charge in [0.1, 0.15) is 11.2 Å². The van der Waals surface area contributed by atoms with Crippen LogP contribution in [0.3, 0.4) is 0 Å². The fourth-order valence-electron chi connectivity index (χ4n) is 4.05. The molecule has 1 N–H and O–H groups in total. The largest absolute Gasteiger partial charge is 0.395 e. The molecule has 1 aromatic rings. The molecular formula is C16H23ClN4O3. The van der Waals surface area contributed by atoms with Gasteiger partial charge in [-0.1, -0.05) is 11.6 Å². The second-order valence-electron chi connectivity index (χ2n) is 6.58. The highest BCUT2D eigenvalue weighted by Crippen LogP contribution is 2.39. The maximum atomic E-state index is 13.1. The van der Waals surface area contributed by atoms with Crippen LogP contribution in [0.5, 0.6) is 0 Å². The second-order valence-corrected chi connectivity index (χ2v) is 6.96. The topological polar surface area (TPSA) is 78.7 Å². The average molecular weight is 355 g/mol. The second kappa shape index (κ2) is 6.37. The normalized spacial score (nSPS) is 24.2. The van der Waals surface area contributed by atoms with E-state index in [1.807, 2.05) is 0 Å². The van der Waals surface area contributed by atoms with Crippen LogP contribution in [-0.4, -0.2) is 68.3 Å². The summed E-state index contributed by atoms with van der Waals surface area (Å²) in [6.45, 7) is 3.18. The number of piperidine rings is 1. The van der Waals surface area contributed by atoms with Crippen molar-refractivity contribution in [2.75, 3.05) is 26.2 Å². The zero-order chi connectivity index (χ0) is 17.5. The lowest BCUT2D eigenvalue weighted by Gasteiger charge is -2.44. The molecule has 1 aromatic heterocycles. The number of aromatic nitrogens is 2. The number of halogens is 1. The molecule has 8 heteroatoms. The van der Waals surface area contributed by atoms with E-state index in [-0.39, 0.29) is 18.4 Å². The highest BCUT2D eigenvalue weighted by molar-refractivity contribution is 6.34. The number of β-amino-alcohol motifs (C(OH)–C–C–N with tert-alkyl or cyclic N) is 1. The van der Waals surface area contributed by atoms with Crippen LogP contribution in [0.4, 0.5) is 0 Å². The number of hydrogen-bond donors (Lipinski definition) is 1. The number of aliphatic hydroxyl groups excluding tert-OH is 1. The van der Waals surface area contributed by atoms with Gasteiger partial charge in [-0.2, -0.15) is 5.10 Å². The van der Waals surface area contributed by atoms with E-state index in [0.717, 1.165) is 12.8 Å². The minimum atomic E-state index is -0.800. The van der Waals surface area contributed by atoms with Gasteiger partial charge in [-0.25, -0.2) is 0 Å². The summed E-state index contributed by atoms with van der Waals surface area (Å²) in [6.07, 6.45) is 2.94. The van der Waals surface area contributed by atoms with E-state index < -0.39 is 5.54 Å². The molecule has 1 unspecified atom stereocenters. The molecule has 1 atom stereocenters. The molecule has 0 bridgehead atoms. The van der Waals surface area contributed by atoms with E-state index in [1.54, 1.807) is 23.8 Å². The standard InChI is InChI=1S/C16H23ClN4O3/c1-11-12(17)13(19(2)18-11)14(23)21-8-4-6-16(21)5-3-7-20(9-10-22)15(16)24/h22H,3-10H2,1-2H3. The van der Waals surface area contributed by atoms with Crippen LogP contribution >= 0.6 is 11.6 Å². The fourth-order valence-corrected chi connectivity index (χ4v) is 4.29. The third-order valence-electron chi connectivity index (χ3n) is 5.16. The summed E-state index contributed by atoms with van der Waals surface area (Å²) >= 11 is 6.27.